The fourth-order valence-electron chi connectivity index (χ4n) is 3.15. The lowest BCUT2D eigenvalue weighted by Gasteiger charge is -2.10. The molecule has 0 aromatic heterocycles. The van der Waals surface area contributed by atoms with Crippen LogP contribution in [-0.2, 0) is 0 Å². The summed E-state index contributed by atoms with van der Waals surface area (Å²) < 4.78 is 10.8. The van der Waals surface area contributed by atoms with Crippen molar-refractivity contribution < 1.29 is 19.1 Å². The van der Waals surface area contributed by atoms with Crippen LogP contribution in [0.4, 0.5) is 0 Å². The Morgan fingerprint density at radius 2 is 1.53 bits per heavy atom. The van der Waals surface area contributed by atoms with E-state index < -0.39 is 5.97 Å². The second-order valence-electron chi connectivity index (χ2n) is 6.93. The lowest BCUT2D eigenvalue weighted by molar-refractivity contribution is 0.0729. The number of fused-ring (bicyclic) bond motifs is 1. The number of esters is 1. The van der Waals surface area contributed by atoms with Gasteiger partial charge in [-0.2, -0.15) is 5.10 Å². The van der Waals surface area contributed by atoms with Crippen LogP contribution >= 0.6 is 0 Å². The molecule has 0 atom stereocenters. The summed E-state index contributed by atoms with van der Waals surface area (Å²) in [4.78, 5) is 24.8. The van der Waals surface area contributed by atoms with E-state index in [0.29, 0.717) is 22.4 Å². The second kappa shape index (κ2) is 9.57. The molecule has 32 heavy (non-hydrogen) atoms. The Bertz CT molecular complexity index is 1300. The number of hydrogen-bond acceptors (Lipinski definition) is 5. The minimum atomic E-state index is -0.498. The van der Waals surface area contributed by atoms with Gasteiger partial charge in [0.05, 0.1) is 18.9 Å². The van der Waals surface area contributed by atoms with E-state index >= 15 is 0 Å². The first kappa shape index (κ1) is 20.8. The summed E-state index contributed by atoms with van der Waals surface area (Å²) in [6, 6.07) is 27.0. The molecular formula is C26H20N2O4. The van der Waals surface area contributed by atoms with Crippen molar-refractivity contribution in [3.05, 3.63) is 108 Å². The number of carbonyl (C=O) groups excluding carboxylic acids is 2. The molecule has 4 rings (SSSR count). The molecule has 0 aliphatic rings. The van der Waals surface area contributed by atoms with Gasteiger partial charge in [0.1, 0.15) is 0 Å². The Morgan fingerprint density at radius 3 is 2.31 bits per heavy atom. The van der Waals surface area contributed by atoms with Gasteiger partial charge < -0.3 is 9.47 Å². The Morgan fingerprint density at radius 1 is 0.781 bits per heavy atom. The lowest BCUT2D eigenvalue weighted by Crippen LogP contribution is -2.17. The van der Waals surface area contributed by atoms with E-state index in [2.05, 4.69) is 10.5 Å². The van der Waals surface area contributed by atoms with Crippen LogP contribution in [0.2, 0.25) is 0 Å². The van der Waals surface area contributed by atoms with E-state index in [1.54, 1.807) is 48.5 Å². The smallest absolute Gasteiger partial charge is 0.343 e. The molecule has 4 aromatic rings. The molecule has 0 radical (unpaired) electrons. The number of hydrazone groups is 1. The molecule has 0 saturated heterocycles. The maximum Gasteiger partial charge on any atom is 0.343 e. The number of methoxy groups -OCH3 is 1. The first-order valence-corrected chi connectivity index (χ1v) is 9.91. The number of hydrogen-bond donors (Lipinski definition) is 1. The van der Waals surface area contributed by atoms with Crippen LogP contribution in [0, 0.1) is 0 Å². The molecule has 0 aliphatic heterocycles. The molecule has 0 unspecified atom stereocenters. The normalized spacial score (nSPS) is 10.8. The van der Waals surface area contributed by atoms with E-state index in [0.717, 1.165) is 10.8 Å². The summed E-state index contributed by atoms with van der Waals surface area (Å²) in [6.07, 6.45) is 1.47. The fraction of sp³-hybridized carbons (Fsp3) is 0.0385. The molecule has 1 N–H and O–H groups in total. The summed E-state index contributed by atoms with van der Waals surface area (Å²) in [7, 11) is 1.49. The monoisotopic (exact) mass is 424 g/mol. The van der Waals surface area contributed by atoms with Gasteiger partial charge in [-0.1, -0.05) is 48.5 Å². The van der Waals surface area contributed by atoms with Gasteiger partial charge in [0, 0.05) is 5.56 Å². The first-order chi connectivity index (χ1) is 15.6. The van der Waals surface area contributed by atoms with Gasteiger partial charge in [0.25, 0.3) is 5.91 Å². The zero-order chi connectivity index (χ0) is 22.3. The van der Waals surface area contributed by atoms with Crippen molar-refractivity contribution in [1.82, 2.24) is 5.43 Å². The Kier molecular flexibility index (Phi) is 6.22. The van der Waals surface area contributed by atoms with Crippen LogP contribution in [0.15, 0.2) is 96.1 Å². The summed E-state index contributed by atoms with van der Waals surface area (Å²) in [6.45, 7) is 0. The third-order valence-electron chi connectivity index (χ3n) is 4.79. The number of nitrogens with zero attached hydrogens (tertiary/aromatic N) is 1. The van der Waals surface area contributed by atoms with Crippen molar-refractivity contribution in [3.8, 4) is 11.5 Å². The van der Waals surface area contributed by atoms with Crippen LogP contribution in [0.1, 0.15) is 26.3 Å². The minimum Gasteiger partial charge on any atom is -0.493 e. The Hall–Kier alpha value is -4.45. The predicted molar refractivity (Wildman–Crippen MR) is 123 cm³/mol. The van der Waals surface area contributed by atoms with Crippen molar-refractivity contribution in [2.75, 3.05) is 7.11 Å². The lowest BCUT2D eigenvalue weighted by atomic mass is 10.1. The molecule has 0 aliphatic carbocycles. The zero-order valence-corrected chi connectivity index (χ0v) is 17.3. The zero-order valence-electron chi connectivity index (χ0n) is 17.3. The molecule has 0 bridgehead atoms. The third kappa shape index (κ3) is 4.82. The maximum atomic E-state index is 12.4. The molecule has 158 valence electrons. The SMILES string of the molecule is COc1ccc(/C=N\NC(=O)c2ccc3ccccc3c2)cc1OC(=O)c1ccccc1. The van der Waals surface area contributed by atoms with Gasteiger partial charge in [-0.05, 0) is 58.8 Å². The molecular weight excluding hydrogens is 404 g/mol. The Labute approximate surface area is 185 Å². The summed E-state index contributed by atoms with van der Waals surface area (Å²) in [5.74, 6) is -0.156. The number of amides is 1. The van der Waals surface area contributed by atoms with Crippen LogP contribution < -0.4 is 14.9 Å². The predicted octanol–water partition coefficient (Wildman–Crippen LogP) is 4.83. The second-order valence-corrected chi connectivity index (χ2v) is 6.93. The van der Waals surface area contributed by atoms with E-state index in [1.807, 2.05) is 42.5 Å². The maximum absolute atomic E-state index is 12.4. The highest BCUT2D eigenvalue weighted by molar-refractivity contribution is 5.99. The highest BCUT2D eigenvalue weighted by atomic mass is 16.6. The van der Waals surface area contributed by atoms with Crippen molar-refractivity contribution in [2.24, 2.45) is 5.10 Å². The van der Waals surface area contributed by atoms with Crippen LogP contribution in [0.25, 0.3) is 10.8 Å². The molecule has 6 heteroatoms. The van der Waals surface area contributed by atoms with Gasteiger partial charge in [-0.15, -0.1) is 0 Å². The average molecular weight is 424 g/mol. The van der Waals surface area contributed by atoms with Crippen molar-refractivity contribution in [3.63, 3.8) is 0 Å². The number of nitrogens with one attached hydrogen (secondary N) is 1. The largest absolute Gasteiger partial charge is 0.493 e. The quantitative estimate of drug-likeness (QED) is 0.208. The van der Waals surface area contributed by atoms with Gasteiger partial charge >= 0.3 is 5.97 Å². The van der Waals surface area contributed by atoms with Gasteiger partial charge in [0.2, 0.25) is 0 Å². The highest BCUT2D eigenvalue weighted by Gasteiger charge is 2.12. The Balaban J connectivity index is 1.46. The number of benzene rings is 4. The van der Waals surface area contributed by atoms with Gasteiger partial charge in [0.15, 0.2) is 11.5 Å². The van der Waals surface area contributed by atoms with Gasteiger partial charge in [-0.25, -0.2) is 10.2 Å². The topological polar surface area (TPSA) is 77.0 Å². The standard InChI is InChI=1S/C26H20N2O4/c1-31-23-14-11-18(15-24(23)32-26(30)20-8-3-2-4-9-20)17-27-28-25(29)22-13-12-19-7-5-6-10-21(19)16-22/h2-17H,1H3,(H,28,29)/b27-17-. The summed E-state index contributed by atoms with van der Waals surface area (Å²) in [5, 5.41) is 6.06. The van der Waals surface area contributed by atoms with Crippen LogP contribution in [0.3, 0.4) is 0 Å². The van der Waals surface area contributed by atoms with Crippen LogP contribution in [-0.4, -0.2) is 25.2 Å². The van der Waals surface area contributed by atoms with Crippen molar-refractivity contribution in [2.45, 2.75) is 0 Å². The van der Waals surface area contributed by atoms with Crippen molar-refractivity contribution >= 4 is 28.9 Å². The third-order valence-corrected chi connectivity index (χ3v) is 4.79. The molecule has 0 fully saturated rings. The molecule has 0 heterocycles. The fourth-order valence-corrected chi connectivity index (χ4v) is 3.15. The number of carbonyl (C=O) groups is 2. The van der Waals surface area contributed by atoms with E-state index in [1.165, 1.54) is 13.3 Å². The minimum absolute atomic E-state index is 0.256. The molecule has 0 spiro atoms. The summed E-state index contributed by atoms with van der Waals surface area (Å²) >= 11 is 0. The molecule has 4 aromatic carbocycles. The van der Waals surface area contributed by atoms with Crippen LogP contribution in [0.5, 0.6) is 11.5 Å². The number of ether oxygens (including phenoxy) is 2. The average Bonchev–Trinajstić information content (AvgIpc) is 2.84. The molecule has 1 amide bonds. The molecule has 6 nitrogen and oxygen atoms in total. The van der Waals surface area contributed by atoms with E-state index in [9.17, 15) is 9.59 Å². The molecule has 0 saturated carbocycles. The number of rotatable bonds is 6. The van der Waals surface area contributed by atoms with Crippen molar-refractivity contribution in [1.29, 1.82) is 0 Å². The highest BCUT2D eigenvalue weighted by Crippen LogP contribution is 2.28. The summed E-state index contributed by atoms with van der Waals surface area (Å²) in [5.41, 5.74) is 4.08. The first-order valence-electron chi connectivity index (χ1n) is 9.91. The van der Waals surface area contributed by atoms with E-state index in [4.69, 9.17) is 9.47 Å². The van der Waals surface area contributed by atoms with Gasteiger partial charge in [-0.3, -0.25) is 4.79 Å². The van der Waals surface area contributed by atoms with E-state index in [-0.39, 0.29) is 11.7 Å².